The maximum atomic E-state index is 14.1. The van der Waals surface area contributed by atoms with Crippen LogP contribution in [0.4, 0.5) is 4.39 Å². The van der Waals surface area contributed by atoms with Crippen LogP contribution in [0.3, 0.4) is 0 Å². The first kappa shape index (κ1) is 14.5. The van der Waals surface area contributed by atoms with Crippen LogP contribution < -0.4 is 5.32 Å². The fraction of sp³-hybridized carbons (Fsp3) is 0.647. The lowest BCUT2D eigenvalue weighted by molar-refractivity contribution is 0.345. The molecule has 2 rings (SSSR count). The molecule has 1 aromatic rings. The van der Waals surface area contributed by atoms with Gasteiger partial charge in [0.2, 0.25) is 0 Å². The van der Waals surface area contributed by atoms with Crippen LogP contribution in [0.1, 0.15) is 57.6 Å². The molecule has 0 aliphatic heterocycles. The quantitative estimate of drug-likeness (QED) is 0.785. The molecule has 1 aromatic carbocycles. The molecule has 106 valence electrons. The van der Waals surface area contributed by atoms with Crippen molar-refractivity contribution in [2.45, 2.75) is 52.0 Å². The highest BCUT2D eigenvalue weighted by Gasteiger charge is 2.31. The molecule has 0 aromatic heterocycles. The van der Waals surface area contributed by atoms with Crippen molar-refractivity contribution >= 4 is 0 Å². The van der Waals surface area contributed by atoms with Crippen LogP contribution >= 0.6 is 0 Å². The fourth-order valence-electron chi connectivity index (χ4n) is 3.34. The third kappa shape index (κ3) is 3.56. The number of hydrogen-bond donors (Lipinski definition) is 1. The van der Waals surface area contributed by atoms with Crippen LogP contribution in [-0.4, -0.2) is 6.54 Å². The highest BCUT2D eigenvalue weighted by atomic mass is 19.1. The van der Waals surface area contributed by atoms with Crippen molar-refractivity contribution in [3.05, 3.63) is 35.6 Å². The van der Waals surface area contributed by atoms with E-state index in [9.17, 15) is 4.39 Å². The molecular formula is C17H26FN. The standard InChI is InChI=1S/C17H26FN/c1-3-11-19-17(14-10-9-13(4-2)12-14)15-7-5-6-8-16(15)18/h5-8,13-14,17,19H,3-4,9-12H2,1-2H3. The molecule has 19 heavy (non-hydrogen) atoms. The van der Waals surface area contributed by atoms with Gasteiger partial charge in [-0.1, -0.05) is 44.9 Å². The summed E-state index contributed by atoms with van der Waals surface area (Å²) in [6.07, 6.45) is 6.13. The van der Waals surface area contributed by atoms with Crippen molar-refractivity contribution in [3.63, 3.8) is 0 Å². The second-order valence-corrected chi connectivity index (χ2v) is 5.80. The summed E-state index contributed by atoms with van der Waals surface area (Å²) >= 11 is 0. The molecule has 3 unspecified atom stereocenters. The second-order valence-electron chi connectivity index (χ2n) is 5.80. The number of nitrogens with one attached hydrogen (secondary N) is 1. The first-order valence-electron chi connectivity index (χ1n) is 7.74. The summed E-state index contributed by atoms with van der Waals surface area (Å²) < 4.78 is 14.1. The number of rotatable bonds is 6. The molecule has 1 aliphatic carbocycles. The third-order valence-corrected chi connectivity index (χ3v) is 4.49. The summed E-state index contributed by atoms with van der Waals surface area (Å²) in [5, 5.41) is 3.57. The number of benzene rings is 1. The Bertz CT molecular complexity index is 391. The van der Waals surface area contributed by atoms with Crippen LogP contribution in [0.5, 0.6) is 0 Å². The normalized spacial score (nSPS) is 24.6. The summed E-state index contributed by atoms with van der Waals surface area (Å²) in [5.74, 6) is 1.37. The Labute approximate surface area is 116 Å². The molecule has 1 fully saturated rings. The molecule has 0 heterocycles. The summed E-state index contributed by atoms with van der Waals surface area (Å²) in [4.78, 5) is 0. The molecule has 1 N–H and O–H groups in total. The van der Waals surface area contributed by atoms with E-state index < -0.39 is 0 Å². The minimum absolute atomic E-state index is 0.0592. The molecule has 0 saturated heterocycles. The van der Waals surface area contributed by atoms with Gasteiger partial charge < -0.3 is 5.32 Å². The van der Waals surface area contributed by atoms with Gasteiger partial charge in [-0.2, -0.15) is 0 Å². The van der Waals surface area contributed by atoms with Gasteiger partial charge in [0.1, 0.15) is 5.82 Å². The predicted molar refractivity (Wildman–Crippen MR) is 78.6 cm³/mol. The summed E-state index contributed by atoms with van der Waals surface area (Å²) in [6, 6.07) is 7.45. The van der Waals surface area contributed by atoms with Gasteiger partial charge in [0.25, 0.3) is 0 Å². The maximum Gasteiger partial charge on any atom is 0.127 e. The van der Waals surface area contributed by atoms with Crippen molar-refractivity contribution < 1.29 is 4.39 Å². The molecule has 0 bridgehead atoms. The van der Waals surface area contributed by atoms with Crippen LogP contribution in [0.25, 0.3) is 0 Å². The molecule has 0 amide bonds. The first-order chi connectivity index (χ1) is 9.26. The molecule has 1 saturated carbocycles. The zero-order valence-electron chi connectivity index (χ0n) is 12.2. The van der Waals surface area contributed by atoms with Gasteiger partial charge in [0, 0.05) is 11.6 Å². The van der Waals surface area contributed by atoms with Gasteiger partial charge >= 0.3 is 0 Å². The third-order valence-electron chi connectivity index (χ3n) is 4.49. The topological polar surface area (TPSA) is 12.0 Å². The Kier molecular flexibility index (Phi) is 5.38. The van der Waals surface area contributed by atoms with E-state index in [1.165, 1.54) is 25.7 Å². The SMILES string of the molecule is CCCNC(c1ccccc1F)C1CCC(CC)C1. The lowest BCUT2D eigenvalue weighted by Gasteiger charge is -2.26. The van der Waals surface area contributed by atoms with Crippen molar-refractivity contribution in [1.82, 2.24) is 5.32 Å². The largest absolute Gasteiger partial charge is 0.310 e. The number of hydrogen-bond acceptors (Lipinski definition) is 1. The lowest BCUT2D eigenvalue weighted by Crippen LogP contribution is -2.28. The Morgan fingerprint density at radius 3 is 2.68 bits per heavy atom. The molecule has 3 atom stereocenters. The summed E-state index contributed by atoms with van der Waals surface area (Å²) in [5.41, 5.74) is 0.859. The van der Waals surface area contributed by atoms with Gasteiger partial charge in [-0.15, -0.1) is 0 Å². The lowest BCUT2D eigenvalue weighted by atomic mass is 9.90. The van der Waals surface area contributed by atoms with Crippen molar-refractivity contribution in [2.24, 2.45) is 11.8 Å². The first-order valence-corrected chi connectivity index (χ1v) is 7.74. The molecule has 1 aliphatic rings. The average Bonchev–Trinajstić information content (AvgIpc) is 2.90. The Morgan fingerprint density at radius 1 is 1.26 bits per heavy atom. The highest BCUT2D eigenvalue weighted by molar-refractivity contribution is 5.22. The van der Waals surface area contributed by atoms with Crippen molar-refractivity contribution in [3.8, 4) is 0 Å². The zero-order chi connectivity index (χ0) is 13.7. The van der Waals surface area contributed by atoms with E-state index in [1.807, 2.05) is 12.1 Å². The minimum Gasteiger partial charge on any atom is -0.310 e. The van der Waals surface area contributed by atoms with E-state index >= 15 is 0 Å². The summed E-state index contributed by atoms with van der Waals surface area (Å²) in [6.45, 7) is 5.39. The van der Waals surface area contributed by atoms with Crippen LogP contribution in [-0.2, 0) is 0 Å². The molecule has 2 heteroatoms. The zero-order valence-corrected chi connectivity index (χ0v) is 12.2. The van der Waals surface area contributed by atoms with Gasteiger partial charge in [0.05, 0.1) is 0 Å². The van der Waals surface area contributed by atoms with Crippen molar-refractivity contribution in [2.75, 3.05) is 6.54 Å². The Morgan fingerprint density at radius 2 is 2.05 bits per heavy atom. The fourth-order valence-corrected chi connectivity index (χ4v) is 3.34. The monoisotopic (exact) mass is 263 g/mol. The smallest absolute Gasteiger partial charge is 0.127 e. The molecular weight excluding hydrogens is 237 g/mol. The van der Waals surface area contributed by atoms with Crippen LogP contribution in [0.2, 0.25) is 0 Å². The van der Waals surface area contributed by atoms with E-state index in [0.717, 1.165) is 24.4 Å². The second kappa shape index (κ2) is 7.04. The van der Waals surface area contributed by atoms with Crippen LogP contribution in [0, 0.1) is 17.7 Å². The van der Waals surface area contributed by atoms with E-state index in [1.54, 1.807) is 12.1 Å². The molecule has 0 spiro atoms. The van der Waals surface area contributed by atoms with E-state index in [-0.39, 0.29) is 11.9 Å². The van der Waals surface area contributed by atoms with Gasteiger partial charge in [-0.3, -0.25) is 0 Å². The Hall–Kier alpha value is -0.890. The minimum atomic E-state index is -0.0592. The van der Waals surface area contributed by atoms with Gasteiger partial charge in [-0.25, -0.2) is 4.39 Å². The molecule has 1 nitrogen and oxygen atoms in total. The van der Waals surface area contributed by atoms with E-state index in [0.29, 0.717) is 5.92 Å². The number of halogens is 1. The molecule has 0 radical (unpaired) electrons. The van der Waals surface area contributed by atoms with E-state index in [2.05, 4.69) is 19.2 Å². The van der Waals surface area contributed by atoms with E-state index in [4.69, 9.17) is 0 Å². The summed E-state index contributed by atoms with van der Waals surface area (Å²) in [7, 11) is 0. The average molecular weight is 263 g/mol. The predicted octanol–water partition coefficient (Wildman–Crippen LogP) is 4.69. The van der Waals surface area contributed by atoms with Gasteiger partial charge in [0.15, 0.2) is 0 Å². The van der Waals surface area contributed by atoms with Gasteiger partial charge in [-0.05, 0) is 43.7 Å². The Balaban J connectivity index is 2.14. The van der Waals surface area contributed by atoms with Crippen molar-refractivity contribution in [1.29, 1.82) is 0 Å². The highest BCUT2D eigenvalue weighted by Crippen LogP contribution is 2.40. The maximum absolute atomic E-state index is 14.1. The van der Waals surface area contributed by atoms with Crippen LogP contribution in [0.15, 0.2) is 24.3 Å².